The molecule has 1 unspecified atom stereocenters. The fourth-order valence-corrected chi connectivity index (χ4v) is 5.03. The van der Waals surface area contributed by atoms with Gasteiger partial charge in [0.05, 0.1) is 13.2 Å². The van der Waals surface area contributed by atoms with E-state index in [2.05, 4.69) is 6.92 Å². The highest BCUT2D eigenvalue weighted by Crippen LogP contribution is 2.49. The Morgan fingerprint density at radius 2 is 1.55 bits per heavy atom. The number of ether oxygens (including phenoxy) is 4. The molecule has 0 radical (unpaired) electrons. The van der Waals surface area contributed by atoms with Gasteiger partial charge >= 0.3 is 11.9 Å². The summed E-state index contributed by atoms with van der Waals surface area (Å²) in [5, 5.41) is 1.85. The Bertz CT molecular complexity index is 1590. The van der Waals surface area contributed by atoms with Gasteiger partial charge in [0, 0.05) is 39.4 Å². The summed E-state index contributed by atoms with van der Waals surface area (Å²) in [6.45, 7) is 5.87. The van der Waals surface area contributed by atoms with Crippen LogP contribution in [0.5, 0.6) is 17.2 Å². The first-order chi connectivity index (χ1) is 19.4. The third kappa shape index (κ3) is 5.03. The molecule has 0 fully saturated rings. The van der Waals surface area contributed by atoms with Crippen LogP contribution in [0.2, 0.25) is 5.02 Å². The van der Waals surface area contributed by atoms with E-state index in [4.69, 9.17) is 30.5 Å². The molecule has 5 rings (SSSR count). The lowest BCUT2D eigenvalue weighted by Gasteiger charge is -2.37. The fraction of sp³-hybridized carbons (Fsp3) is 0.212. The highest BCUT2D eigenvalue weighted by atomic mass is 35.5. The lowest BCUT2D eigenvalue weighted by atomic mass is 9.82. The first-order valence-corrected chi connectivity index (χ1v) is 13.6. The van der Waals surface area contributed by atoms with Crippen LogP contribution in [0, 0.1) is 0 Å². The molecule has 1 aliphatic rings. The molecule has 1 atom stereocenters. The second-order valence-electron chi connectivity index (χ2n) is 9.36. The molecule has 0 saturated heterocycles. The minimum atomic E-state index is -1.06. The van der Waals surface area contributed by atoms with Crippen molar-refractivity contribution >= 4 is 40.4 Å². The summed E-state index contributed by atoms with van der Waals surface area (Å²) in [6.07, 6.45) is 4.64. The molecule has 204 valence electrons. The van der Waals surface area contributed by atoms with Gasteiger partial charge in [-0.3, -0.25) is 4.79 Å². The molecule has 40 heavy (non-hydrogen) atoms. The van der Waals surface area contributed by atoms with Crippen molar-refractivity contribution in [1.82, 2.24) is 0 Å². The van der Waals surface area contributed by atoms with E-state index in [9.17, 15) is 9.59 Å². The number of hydrogen-bond donors (Lipinski definition) is 0. The van der Waals surface area contributed by atoms with Crippen LogP contribution in [0.4, 0.5) is 0 Å². The summed E-state index contributed by atoms with van der Waals surface area (Å²) >= 11 is 6.25. The Labute approximate surface area is 238 Å². The van der Waals surface area contributed by atoms with Crippen molar-refractivity contribution in [2.24, 2.45) is 0 Å². The largest absolute Gasteiger partial charge is 0.494 e. The van der Waals surface area contributed by atoms with E-state index in [1.54, 1.807) is 13.0 Å². The van der Waals surface area contributed by atoms with Crippen molar-refractivity contribution < 1.29 is 28.5 Å². The Morgan fingerprint density at radius 1 is 0.900 bits per heavy atom. The number of halogens is 1. The highest BCUT2D eigenvalue weighted by Gasteiger charge is 2.40. The quantitative estimate of drug-likeness (QED) is 0.163. The fourth-order valence-electron chi connectivity index (χ4n) is 4.91. The monoisotopic (exact) mass is 556 g/mol. The van der Waals surface area contributed by atoms with Crippen LogP contribution < -0.4 is 14.2 Å². The molecule has 1 aliphatic heterocycles. The van der Waals surface area contributed by atoms with Gasteiger partial charge in [-0.2, -0.15) is 0 Å². The molecule has 1 heterocycles. The van der Waals surface area contributed by atoms with Gasteiger partial charge in [0.15, 0.2) is 11.4 Å². The molecule has 6 nitrogen and oxygen atoms in total. The van der Waals surface area contributed by atoms with Gasteiger partial charge in [0.2, 0.25) is 0 Å². The minimum absolute atomic E-state index is 0.134. The Balaban J connectivity index is 1.77. The maximum absolute atomic E-state index is 13.3. The first kappa shape index (κ1) is 27.3. The van der Waals surface area contributed by atoms with Crippen molar-refractivity contribution in [2.75, 3.05) is 13.2 Å². The number of rotatable bonds is 8. The summed E-state index contributed by atoms with van der Waals surface area (Å²) in [7, 11) is 0. The highest BCUT2D eigenvalue weighted by molar-refractivity contribution is 6.30. The third-order valence-electron chi connectivity index (χ3n) is 6.66. The lowest BCUT2D eigenvalue weighted by Crippen LogP contribution is -2.35. The second kappa shape index (κ2) is 11.4. The topological polar surface area (TPSA) is 71.1 Å². The molecule has 0 bridgehead atoms. The van der Waals surface area contributed by atoms with Crippen molar-refractivity contribution in [3.63, 3.8) is 0 Å². The van der Waals surface area contributed by atoms with Gasteiger partial charge in [-0.15, -0.1) is 0 Å². The molecule has 0 N–H and O–H groups in total. The summed E-state index contributed by atoms with van der Waals surface area (Å²) in [5.41, 5.74) is 1.24. The van der Waals surface area contributed by atoms with E-state index in [0.29, 0.717) is 33.7 Å². The third-order valence-corrected chi connectivity index (χ3v) is 6.91. The van der Waals surface area contributed by atoms with Gasteiger partial charge < -0.3 is 18.9 Å². The number of hydrogen-bond acceptors (Lipinski definition) is 6. The Morgan fingerprint density at radius 3 is 2.17 bits per heavy atom. The molecular weight excluding hydrogens is 528 g/mol. The van der Waals surface area contributed by atoms with E-state index in [-0.39, 0.29) is 17.9 Å². The summed E-state index contributed by atoms with van der Waals surface area (Å²) in [4.78, 5) is 25.4. The van der Waals surface area contributed by atoms with Crippen LogP contribution in [0.3, 0.4) is 0 Å². The van der Waals surface area contributed by atoms with E-state index in [1.807, 2.05) is 78.9 Å². The van der Waals surface area contributed by atoms with Crippen LogP contribution in [0.15, 0.2) is 78.9 Å². The molecule has 4 aromatic rings. The van der Waals surface area contributed by atoms with Crippen molar-refractivity contribution in [3.05, 3.63) is 106 Å². The first-order valence-electron chi connectivity index (χ1n) is 13.2. The van der Waals surface area contributed by atoms with Gasteiger partial charge in [0.1, 0.15) is 17.1 Å². The normalized spacial score (nSPS) is 15.7. The predicted molar refractivity (Wildman–Crippen MR) is 155 cm³/mol. The zero-order chi connectivity index (χ0) is 28.3. The zero-order valence-corrected chi connectivity index (χ0v) is 23.3. The second-order valence-corrected chi connectivity index (χ2v) is 9.79. The summed E-state index contributed by atoms with van der Waals surface area (Å²) < 4.78 is 23.8. The van der Waals surface area contributed by atoms with Gasteiger partial charge in [0.25, 0.3) is 0 Å². The van der Waals surface area contributed by atoms with Crippen molar-refractivity contribution in [3.8, 4) is 17.2 Å². The molecule has 0 aliphatic carbocycles. The summed E-state index contributed by atoms with van der Waals surface area (Å²) in [6, 6.07) is 22.6. The van der Waals surface area contributed by atoms with E-state index >= 15 is 0 Å². The van der Waals surface area contributed by atoms with Gasteiger partial charge in [-0.05, 0) is 49.8 Å². The molecular formula is C33H29ClO6. The van der Waals surface area contributed by atoms with Crippen LogP contribution >= 0.6 is 11.6 Å². The molecule has 4 aromatic carbocycles. The maximum atomic E-state index is 13.3. The Kier molecular flexibility index (Phi) is 7.81. The zero-order valence-electron chi connectivity index (χ0n) is 22.5. The molecule has 7 heteroatoms. The average molecular weight is 557 g/mol. The van der Waals surface area contributed by atoms with E-state index in [0.717, 1.165) is 23.3 Å². The number of benzene rings is 4. The van der Waals surface area contributed by atoms with E-state index < -0.39 is 17.5 Å². The number of esters is 2. The van der Waals surface area contributed by atoms with Gasteiger partial charge in [-0.25, -0.2) is 4.79 Å². The van der Waals surface area contributed by atoms with E-state index in [1.165, 1.54) is 6.92 Å². The number of carbonyl (C=O) groups is 2. The molecule has 0 aromatic heterocycles. The SMILES string of the molecule is CCCOc1ccc(C2(c3ccc(Cl)cc3)C=Cc3c(C(=O)OCC)c(OC(C)=O)c4ccccc4c3O2)cc1. The van der Waals surface area contributed by atoms with Crippen molar-refractivity contribution in [2.45, 2.75) is 32.8 Å². The van der Waals surface area contributed by atoms with Crippen molar-refractivity contribution in [1.29, 1.82) is 0 Å². The smallest absolute Gasteiger partial charge is 0.342 e. The van der Waals surface area contributed by atoms with Crippen LogP contribution in [0.1, 0.15) is 54.2 Å². The van der Waals surface area contributed by atoms with Crippen LogP contribution in [0.25, 0.3) is 16.8 Å². The molecule has 0 amide bonds. The number of carbonyl (C=O) groups excluding carboxylic acids is 2. The predicted octanol–water partition coefficient (Wildman–Crippen LogP) is 7.73. The number of fused-ring (bicyclic) bond motifs is 3. The summed E-state index contributed by atoms with van der Waals surface area (Å²) in [5.74, 6) is 0.226. The standard InChI is InChI=1S/C33H29ClO6/c1-4-20-38-25-16-12-23(13-17-25)33(22-10-14-24(34)15-11-22)19-18-28-29(32(36)37-5-2)31(39-21(3)35)27-9-7-6-8-26(27)30(28)40-33/h6-19H,4-5,20H2,1-3H3. The molecule has 0 saturated carbocycles. The molecule has 0 spiro atoms. The maximum Gasteiger partial charge on any atom is 0.342 e. The van der Waals surface area contributed by atoms with Gasteiger partial charge in [-0.1, -0.05) is 67.1 Å². The van der Waals surface area contributed by atoms with Crippen LogP contribution in [-0.2, 0) is 15.1 Å². The van der Waals surface area contributed by atoms with Crippen LogP contribution in [-0.4, -0.2) is 25.2 Å². The minimum Gasteiger partial charge on any atom is -0.494 e. The lowest BCUT2D eigenvalue weighted by molar-refractivity contribution is -0.131. The average Bonchev–Trinajstić information content (AvgIpc) is 2.96. The Hall–Kier alpha value is -4.29.